The summed E-state index contributed by atoms with van der Waals surface area (Å²) in [5.41, 5.74) is 1.62. The van der Waals surface area contributed by atoms with E-state index >= 15 is 0 Å². The second kappa shape index (κ2) is 9.83. The van der Waals surface area contributed by atoms with Gasteiger partial charge in [-0.05, 0) is 56.5 Å². The van der Waals surface area contributed by atoms with Crippen molar-refractivity contribution >= 4 is 33.1 Å². The standard InChI is InChI=1S/C24H30N4O3S/c1-4-27(5-2)14-20-26-23-22(16-10-6-9-13-19(16)32-23)24(30)28(20)15-21(29)25-17-11-7-8-12-18(17)31-3/h7-8,11-12H,4-6,9-10,13-15H2,1-3H3,(H,25,29). The van der Waals surface area contributed by atoms with Crippen LogP contribution in [0.15, 0.2) is 29.1 Å². The zero-order valence-electron chi connectivity index (χ0n) is 18.9. The van der Waals surface area contributed by atoms with Crippen LogP contribution in [0.5, 0.6) is 5.75 Å². The summed E-state index contributed by atoms with van der Waals surface area (Å²) in [5.74, 6) is 0.944. The van der Waals surface area contributed by atoms with Gasteiger partial charge in [-0.25, -0.2) is 4.98 Å². The number of nitrogens with one attached hydrogen (secondary N) is 1. The first-order valence-corrected chi connectivity index (χ1v) is 12.1. The highest BCUT2D eigenvalue weighted by Crippen LogP contribution is 2.34. The van der Waals surface area contributed by atoms with Gasteiger partial charge in [-0.15, -0.1) is 11.3 Å². The van der Waals surface area contributed by atoms with Crippen molar-refractivity contribution in [3.63, 3.8) is 0 Å². The Kier molecular flexibility index (Phi) is 6.91. The third-order valence-electron chi connectivity index (χ3n) is 6.10. The molecular weight excluding hydrogens is 424 g/mol. The number of hydrogen-bond acceptors (Lipinski definition) is 6. The number of ether oxygens (including phenoxy) is 1. The molecule has 0 unspecified atom stereocenters. The molecule has 0 radical (unpaired) electrons. The summed E-state index contributed by atoms with van der Waals surface area (Å²) in [7, 11) is 1.56. The molecule has 0 spiro atoms. The van der Waals surface area contributed by atoms with Gasteiger partial charge in [0.05, 0.1) is 24.7 Å². The Balaban J connectivity index is 1.74. The van der Waals surface area contributed by atoms with Crippen LogP contribution < -0.4 is 15.6 Å². The average molecular weight is 455 g/mol. The van der Waals surface area contributed by atoms with Crippen molar-refractivity contribution in [2.24, 2.45) is 0 Å². The lowest BCUT2D eigenvalue weighted by Crippen LogP contribution is -2.34. The van der Waals surface area contributed by atoms with E-state index in [0.29, 0.717) is 29.2 Å². The van der Waals surface area contributed by atoms with Gasteiger partial charge in [-0.2, -0.15) is 0 Å². The molecule has 7 nitrogen and oxygen atoms in total. The Labute approximate surface area is 192 Å². The maximum Gasteiger partial charge on any atom is 0.263 e. The fourth-order valence-corrected chi connectivity index (χ4v) is 5.56. The van der Waals surface area contributed by atoms with Crippen molar-refractivity contribution in [1.29, 1.82) is 0 Å². The summed E-state index contributed by atoms with van der Waals surface area (Å²) in [5, 5.41) is 3.59. The number of aryl methyl sites for hydroxylation is 2. The van der Waals surface area contributed by atoms with Crippen molar-refractivity contribution in [2.45, 2.75) is 52.6 Å². The topological polar surface area (TPSA) is 76.5 Å². The number of methoxy groups -OCH3 is 1. The molecule has 2 aromatic heterocycles. The Hall–Kier alpha value is -2.71. The number of fused-ring (bicyclic) bond motifs is 3. The van der Waals surface area contributed by atoms with E-state index in [0.717, 1.165) is 49.2 Å². The van der Waals surface area contributed by atoms with E-state index in [4.69, 9.17) is 9.72 Å². The zero-order valence-corrected chi connectivity index (χ0v) is 19.8. The van der Waals surface area contributed by atoms with Crippen LogP contribution in [0.25, 0.3) is 10.2 Å². The molecule has 0 aliphatic heterocycles. The van der Waals surface area contributed by atoms with Gasteiger partial charge < -0.3 is 10.1 Å². The smallest absolute Gasteiger partial charge is 0.263 e. The highest BCUT2D eigenvalue weighted by Gasteiger charge is 2.23. The van der Waals surface area contributed by atoms with Gasteiger partial charge >= 0.3 is 0 Å². The molecule has 1 amide bonds. The molecule has 1 aliphatic carbocycles. The first-order chi connectivity index (χ1) is 15.5. The first kappa shape index (κ1) is 22.5. The number of aromatic nitrogens is 2. The van der Waals surface area contributed by atoms with Crippen LogP contribution in [0.4, 0.5) is 5.69 Å². The average Bonchev–Trinajstić information content (AvgIpc) is 3.18. The predicted molar refractivity (Wildman–Crippen MR) is 129 cm³/mol. The van der Waals surface area contributed by atoms with Crippen LogP contribution >= 0.6 is 11.3 Å². The molecule has 0 bridgehead atoms. The van der Waals surface area contributed by atoms with E-state index in [2.05, 4.69) is 24.1 Å². The van der Waals surface area contributed by atoms with E-state index in [-0.39, 0.29) is 18.0 Å². The van der Waals surface area contributed by atoms with Crippen molar-refractivity contribution in [3.05, 3.63) is 50.9 Å². The van der Waals surface area contributed by atoms with Gasteiger partial charge in [0.25, 0.3) is 5.56 Å². The maximum atomic E-state index is 13.7. The summed E-state index contributed by atoms with van der Waals surface area (Å²) in [6.45, 7) is 6.31. The Bertz CT molecular complexity index is 1180. The van der Waals surface area contributed by atoms with Crippen LogP contribution in [0, 0.1) is 0 Å². The molecular formula is C24H30N4O3S. The van der Waals surface area contributed by atoms with Crippen molar-refractivity contribution < 1.29 is 9.53 Å². The highest BCUT2D eigenvalue weighted by atomic mass is 32.1. The van der Waals surface area contributed by atoms with Crippen LogP contribution in [-0.2, 0) is 30.7 Å². The quantitative estimate of drug-likeness (QED) is 0.560. The molecule has 1 aliphatic rings. The molecule has 4 rings (SSSR count). The summed E-state index contributed by atoms with van der Waals surface area (Å²) < 4.78 is 6.90. The Morgan fingerprint density at radius 2 is 1.97 bits per heavy atom. The second-order valence-electron chi connectivity index (χ2n) is 8.02. The van der Waals surface area contributed by atoms with E-state index in [9.17, 15) is 9.59 Å². The van der Waals surface area contributed by atoms with Crippen LogP contribution in [0.2, 0.25) is 0 Å². The molecule has 1 aromatic carbocycles. The maximum absolute atomic E-state index is 13.7. The Morgan fingerprint density at radius 3 is 2.72 bits per heavy atom. The summed E-state index contributed by atoms with van der Waals surface area (Å²) in [6.07, 6.45) is 4.17. The zero-order chi connectivity index (χ0) is 22.7. The normalized spacial score (nSPS) is 13.4. The summed E-state index contributed by atoms with van der Waals surface area (Å²) in [6, 6.07) is 7.26. The lowest BCUT2D eigenvalue weighted by Gasteiger charge is -2.20. The molecule has 3 aromatic rings. The molecule has 32 heavy (non-hydrogen) atoms. The number of carbonyl (C=O) groups excluding carboxylic acids is 1. The molecule has 0 fully saturated rings. The van der Waals surface area contributed by atoms with E-state index in [1.807, 2.05) is 12.1 Å². The predicted octanol–water partition coefficient (Wildman–Crippen LogP) is 3.83. The molecule has 0 saturated heterocycles. The number of amides is 1. The number of benzene rings is 1. The van der Waals surface area contributed by atoms with Gasteiger partial charge in [-0.1, -0.05) is 26.0 Å². The summed E-state index contributed by atoms with van der Waals surface area (Å²) >= 11 is 1.65. The minimum Gasteiger partial charge on any atom is -0.495 e. The van der Waals surface area contributed by atoms with Crippen LogP contribution in [0.1, 0.15) is 43.0 Å². The lowest BCUT2D eigenvalue weighted by atomic mass is 9.97. The number of thiophene rings is 1. The van der Waals surface area contributed by atoms with E-state index in [1.165, 1.54) is 4.88 Å². The number of hydrogen-bond donors (Lipinski definition) is 1. The van der Waals surface area contributed by atoms with Gasteiger partial charge in [-0.3, -0.25) is 19.1 Å². The van der Waals surface area contributed by atoms with Gasteiger partial charge in [0.15, 0.2) is 0 Å². The lowest BCUT2D eigenvalue weighted by molar-refractivity contribution is -0.116. The minimum absolute atomic E-state index is 0.0823. The van der Waals surface area contributed by atoms with Crippen molar-refractivity contribution in [3.8, 4) is 5.75 Å². The number of para-hydroxylation sites is 2. The van der Waals surface area contributed by atoms with Crippen LogP contribution in [-0.4, -0.2) is 40.6 Å². The van der Waals surface area contributed by atoms with Crippen LogP contribution in [0.3, 0.4) is 0 Å². The monoisotopic (exact) mass is 454 g/mol. The third kappa shape index (κ3) is 4.42. The number of anilines is 1. The van der Waals surface area contributed by atoms with Gasteiger partial charge in [0.1, 0.15) is 22.9 Å². The molecule has 0 saturated carbocycles. The van der Waals surface area contributed by atoms with Crippen molar-refractivity contribution in [2.75, 3.05) is 25.5 Å². The van der Waals surface area contributed by atoms with E-state index < -0.39 is 0 Å². The Morgan fingerprint density at radius 1 is 1.22 bits per heavy atom. The fourth-order valence-electron chi connectivity index (χ4n) is 4.29. The highest BCUT2D eigenvalue weighted by molar-refractivity contribution is 7.18. The van der Waals surface area contributed by atoms with Crippen molar-refractivity contribution in [1.82, 2.24) is 14.5 Å². The molecule has 1 N–H and O–H groups in total. The molecule has 8 heteroatoms. The molecule has 0 atom stereocenters. The number of carbonyl (C=O) groups is 1. The second-order valence-corrected chi connectivity index (χ2v) is 9.10. The molecule has 2 heterocycles. The number of nitrogens with zero attached hydrogens (tertiary/aromatic N) is 3. The number of rotatable bonds is 8. The first-order valence-electron chi connectivity index (χ1n) is 11.2. The summed E-state index contributed by atoms with van der Waals surface area (Å²) in [4.78, 5) is 35.8. The van der Waals surface area contributed by atoms with Gasteiger partial charge in [0.2, 0.25) is 5.91 Å². The van der Waals surface area contributed by atoms with Gasteiger partial charge in [0, 0.05) is 4.88 Å². The largest absolute Gasteiger partial charge is 0.495 e. The fraction of sp³-hybridized carbons (Fsp3) is 0.458. The minimum atomic E-state index is -0.275. The third-order valence-corrected chi connectivity index (χ3v) is 7.28. The SMILES string of the molecule is CCN(CC)Cc1nc2sc3c(c2c(=O)n1CC(=O)Nc1ccccc1OC)CCCC3. The van der Waals surface area contributed by atoms with E-state index in [1.54, 1.807) is 35.1 Å². The molecule has 170 valence electrons.